The van der Waals surface area contributed by atoms with Crippen molar-refractivity contribution in [3.8, 4) is 0 Å². The summed E-state index contributed by atoms with van der Waals surface area (Å²) in [5.41, 5.74) is 2.75. The number of fused-ring (bicyclic) bond motifs is 2. The number of ether oxygens (including phenoxy) is 1. The molecule has 0 fully saturated rings. The number of carbonyl (C=O) groups is 3. The minimum atomic E-state index is -0.905. The van der Waals surface area contributed by atoms with E-state index in [1.165, 1.54) is 11.8 Å². The third-order valence-electron chi connectivity index (χ3n) is 5.09. The second kappa shape index (κ2) is 8.29. The van der Waals surface area contributed by atoms with Gasteiger partial charge in [0.15, 0.2) is 6.10 Å². The van der Waals surface area contributed by atoms with E-state index in [1.54, 1.807) is 11.8 Å². The Bertz CT molecular complexity index is 961. The second-order valence-electron chi connectivity index (χ2n) is 7.15. The Morgan fingerprint density at radius 2 is 1.97 bits per heavy atom. The fraction of sp³-hybridized carbons (Fsp3) is 0.318. The summed E-state index contributed by atoms with van der Waals surface area (Å²) in [6, 6.07) is 15.3. The monoisotopic (exact) mass is 410 g/mol. The van der Waals surface area contributed by atoms with E-state index in [4.69, 9.17) is 4.74 Å². The van der Waals surface area contributed by atoms with E-state index in [1.807, 2.05) is 48.5 Å². The molecule has 2 amide bonds. The van der Waals surface area contributed by atoms with Crippen molar-refractivity contribution in [1.29, 1.82) is 0 Å². The van der Waals surface area contributed by atoms with Gasteiger partial charge in [0, 0.05) is 17.1 Å². The van der Waals surface area contributed by atoms with Gasteiger partial charge < -0.3 is 15.0 Å². The predicted octanol–water partition coefficient (Wildman–Crippen LogP) is 3.40. The number of hydrogen-bond acceptors (Lipinski definition) is 5. The highest BCUT2D eigenvalue weighted by Crippen LogP contribution is 2.36. The zero-order valence-electron chi connectivity index (χ0n) is 16.1. The number of carbonyl (C=O) groups excluding carboxylic acids is 3. The van der Waals surface area contributed by atoms with Gasteiger partial charge in [-0.1, -0.05) is 30.3 Å². The van der Waals surface area contributed by atoms with Gasteiger partial charge >= 0.3 is 5.97 Å². The first-order chi connectivity index (χ1) is 14.0. The Morgan fingerprint density at radius 1 is 1.21 bits per heavy atom. The third-order valence-corrected chi connectivity index (χ3v) is 6.37. The molecule has 2 heterocycles. The number of para-hydroxylation sites is 2. The number of anilines is 2. The van der Waals surface area contributed by atoms with Gasteiger partial charge in [0.05, 0.1) is 17.4 Å². The maximum Gasteiger partial charge on any atom is 0.308 e. The molecule has 0 bridgehead atoms. The normalized spacial score (nSPS) is 18.9. The summed E-state index contributed by atoms with van der Waals surface area (Å²) >= 11 is 1.34. The van der Waals surface area contributed by atoms with Gasteiger partial charge in [-0.2, -0.15) is 0 Å². The molecular weight excluding hydrogens is 388 g/mol. The fourth-order valence-corrected chi connectivity index (χ4v) is 4.75. The van der Waals surface area contributed by atoms with Gasteiger partial charge in [-0.25, -0.2) is 0 Å². The number of amides is 2. The van der Waals surface area contributed by atoms with Crippen LogP contribution in [-0.2, 0) is 25.5 Å². The number of nitrogens with zero attached hydrogens (tertiary/aromatic N) is 1. The van der Waals surface area contributed by atoms with Crippen LogP contribution in [0.2, 0.25) is 0 Å². The van der Waals surface area contributed by atoms with Crippen molar-refractivity contribution in [2.45, 2.75) is 42.4 Å². The molecular formula is C22H22N2O4S. The van der Waals surface area contributed by atoms with Crippen LogP contribution in [0.3, 0.4) is 0 Å². The molecule has 1 N–H and O–H groups in total. The van der Waals surface area contributed by atoms with Gasteiger partial charge in [-0.15, -0.1) is 11.8 Å². The van der Waals surface area contributed by atoms with Crippen molar-refractivity contribution < 1.29 is 19.1 Å². The van der Waals surface area contributed by atoms with Crippen LogP contribution in [0, 0.1) is 0 Å². The maximum absolute atomic E-state index is 12.9. The summed E-state index contributed by atoms with van der Waals surface area (Å²) in [6.45, 7) is 2.19. The van der Waals surface area contributed by atoms with Gasteiger partial charge in [-0.3, -0.25) is 14.4 Å². The molecule has 29 heavy (non-hydrogen) atoms. The number of nitrogens with one attached hydrogen (secondary N) is 1. The molecule has 0 unspecified atom stereocenters. The van der Waals surface area contributed by atoms with Crippen molar-refractivity contribution in [1.82, 2.24) is 0 Å². The molecule has 150 valence electrons. The molecule has 2 aliphatic rings. The number of thioether (sulfide) groups is 1. The fourth-order valence-electron chi connectivity index (χ4n) is 3.66. The van der Waals surface area contributed by atoms with Gasteiger partial charge in [-0.05, 0) is 43.5 Å². The largest absolute Gasteiger partial charge is 0.452 e. The molecule has 0 aromatic heterocycles. The van der Waals surface area contributed by atoms with Gasteiger partial charge in [0.25, 0.3) is 5.91 Å². The summed E-state index contributed by atoms with van der Waals surface area (Å²) < 4.78 is 5.40. The summed E-state index contributed by atoms with van der Waals surface area (Å²) in [5.74, 6) is -1.02. The Labute approximate surface area is 173 Å². The molecule has 7 heteroatoms. The van der Waals surface area contributed by atoms with Crippen LogP contribution in [0.4, 0.5) is 11.4 Å². The van der Waals surface area contributed by atoms with E-state index in [2.05, 4.69) is 5.32 Å². The van der Waals surface area contributed by atoms with Gasteiger partial charge in [0.1, 0.15) is 0 Å². The predicted molar refractivity (Wildman–Crippen MR) is 112 cm³/mol. The SMILES string of the molecule is C[C@@H](OC(=O)C[C@H]1Sc2ccccc2NC1=O)C(=O)N1CCCc2ccccc21. The number of aryl methyl sites for hydroxylation is 1. The van der Waals surface area contributed by atoms with Crippen molar-refractivity contribution in [2.24, 2.45) is 0 Å². The van der Waals surface area contributed by atoms with Crippen LogP contribution < -0.4 is 10.2 Å². The summed E-state index contributed by atoms with van der Waals surface area (Å²) in [7, 11) is 0. The van der Waals surface area contributed by atoms with Gasteiger partial charge in [0.2, 0.25) is 5.91 Å². The quantitative estimate of drug-likeness (QED) is 0.782. The van der Waals surface area contributed by atoms with Crippen molar-refractivity contribution in [3.05, 3.63) is 54.1 Å². The van der Waals surface area contributed by atoms with Crippen molar-refractivity contribution in [3.63, 3.8) is 0 Å². The number of rotatable bonds is 4. The minimum Gasteiger partial charge on any atom is -0.452 e. The zero-order valence-corrected chi connectivity index (χ0v) is 16.9. The Morgan fingerprint density at radius 3 is 2.83 bits per heavy atom. The molecule has 0 aliphatic carbocycles. The average molecular weight is 410 g/mol. The Kier molecular flexibility index (Phi) is 5.58. The molecule has 0 saturated heterocycles. The van der Waals surface area contributed by atoms with Crippen LogP contribution in [0.5, 0.6) is 0 Å². The van der Waals surface area contributed by atoms with Crippen LogP contribution in [0.15, 0.2) is 53.4 Å². The second-order valence-corrected chi connectivity index (χ2v) is 8.39. The lowest BCUT2D eigenvalue weighted by molar-refractivity contribution is -0.154. The number of benzene rings is 2. The molecule has 0 radical (unpaired) electrons. The first-order valence-electron chi connectivity index (χ1n) is 9.68. The topological polar surface area (TPSA) is 75.7 Å². The smallest absolute Gasteiger partial charge is 0.308 e. The molecule has 4 rings (SSSR count). The van der Waals surface area contributed by atoms with Crippen LogP contribution >= 0.6 is 11.8 Å². The Balaban J connectivity index is 1.38. The summed E-state index contributed by atoms with van der Waals surface area (Å²) in [6.07, 6.45) is 0.822. The standard InChI is InChI=1S/C22H22N2O4S/c1-14(22(27)24-12-6-8-15-7-2-4-10-17(15)24)28-20(25)13-19-21(26)23-16-9-3-5-11-18(16)29-19/h2-5,7,9-11,14,19H,6,8,12-13H2,1H3,(H,23,26)/t14-,19-/m1/s1. The first-order valence-corrected chi connectivity index (χ1v) is 10.6. The van der Waals surface area contributed by atoms with Crippen molar-refractivity contribution in [2.75, 3.05) is 16.8 Å². The minimum absolute atomic E-state index is 0.0843. The molecule has 6 nitrogen and oxygen atoms in total. The lowest BCUT2D eigenvalue weighted by atomic mass is 10.0. The van der Waals surface area contributed by atoms with Crippen LogP contribution in [0.1, 0.15) is 25.3 Å². The highest BCUT2D eigenvalue weighted by molar-refractivity contribution is 8.01. The molecule has 2 atom stereocenters. The molecule has 0 spiro atoms. The van der Waals surface area contributed by atoms with Crippen LogP contribution in [0.25, 0.3) is 0 Å². The van der Waals surface area contributed by atoms with E-state index in [9.17, 15) is 14.4 Å². The molecule has 2 aromatic rings. The summed E-state index contributed by atoms with van der Waals surface area (Å²) in [4.78, 5) is 40.2. The number of esters is 1. The lowest BCUT2D eigenvalue weighted by Gasteiger charge is -2.31. The Hall–Kier alpha value is -2.80. The highest BCUT2D eigenvalue weighted by Gasteiger charge is 2.32. The van der Waals surface area contributed by atoms with E-state index in [0.29, 0.717) is 6.54 Å². The lowest BCUT2D eigenvalue weighted by Crippen LogP contribution is -2.43. The summed E-state index contributed by atoms with van der Waals surface area (Å²) in [5, 5.41) is 2.24. The van der Waals surface area contributed by atoms with E-state index < -0.39 is 17.3 Å². The first kappa shape index (κ1) is 19.5. The maximum atomic E-state index is 12.9. The molecule has 2 aliphatic heterocycles. The van der Waals surface area contributed by atoms with E-state index >= 15 is 0 Å². The van der Waals surface area contributed by atoms with E-state index in [-0.39, 0.29) is 18.2 Å². The van der Waals surface area contributed by atoms with Crippen LogP contribution in [-0.4, -0.2) is 35.7 Å². The highest BCUT2D eigenvalue weighted by atomic mass is 32.2. The average Bonchev–Trinajstić information content (AvgIpc) is 2.73. The molecule has 0 saturated carbocycles. The van der Waals surface area contributed by atoms with Crippen molar-refractivity contribution >= 4 is 40.9 Å². The zero-order chi connectivity index (χ0) is 20.4. The van der Waals surface area contributed by atoms with E-state index in [0.717, 1.165) is 34.7 Å². The third kappa shape index (κ3) is 4.15. The number of hydrogen-bond donors (Lipinski definition) is 1. The molecule has 2 aromatic carbocycles.